The summed E-state index contributed by atoms with van der Waals surface area (Å²) in [6, 6.07) is 3.70. The van der Waals surface area contributed by atoms with Gasteiger partial charge in [0.25, 0.3) is 0 Å². The summed E-state index contributed by atoms with van der Waals surface area (Å²) in [6.45, 7) is 0. The molecule has 1 heterocycles. The van der Waals surface area contributed by atoms with Gasteiger partial charge in [0.2, 0.25) is 5.91 Å². The number of nitrogens with two attached hydrogens (primary N) is 1. The maximum Gasteiger partial charge on any atom is 0.229 e. The van der Waals surface area contributed by atoms with Crippen molar-refractivity contribution < 1.29 is 4.79 Å². The number of rotatable bonds is 2. The van der Waals surface area contributed by atoms with E-state index in [1.807, 2.05) is 12.1 Å². The van der Waals surface area contributed by atoms with E-state index < -0.39 is 5.41 Å². The number of amides is 1. The molecule has 2 rings (SSSR count). The van der Waals surface area contributed by atoms with Crippen molar-refractivity contribution in [2.45, 2.75) is 18.3 Å². The van der Waals surface area contributed by atoms with Crippen LogP contribution in [0.4, 0.5) is 0 Å². The Labute approximate surface area is 84.5 Å². The quantitative estimate of drug-likeness (QED) is 0.849. The number of halogens is 1. The molecule has 1 amide bonds. The third-order valence-corrected chi connectivity index (χ3v) is 3.07. The summed E-state index contributed by atoms with van der Waals surface area (Å²) in [6.07, 6.45) is 3.32. The number of hydrogen-bond acceptors (Lipinski definition) is 2. The first-order valence-corrected chi connectivity index (χ1v) is 4.87. The molecule has 0 spiro atoms. The van der Waals surface area contributed by atoms with Crippen LogP contribution in [0.25, 0.3) is 0 Å². The molecule has 0 aromatic carbocycles. The molecule has 1 saturated carbocycles. The van der Waals surface area contributed by atoms with Crippen LogP contribution in [0, 0.1) is 0 Å². The molecule has 3 nitrogen and oxygen atoms in total. The zero-order valence-corrected chi connectivity index (χ0v) is 8.54. The third-order valence-electron chi connectivity index (χ3n) is 2.43. The topological polar surface area (TPSA) is 56.0 Å². The van der Waals surface area contributed by atoms with Crippen LogP contribution in [0.1, 0.15) is 18.5 Å². The highest BCUT2D eigenvalue weighted by molar-refractivity contribution is 9.10. The fourth-order valence-electron chi connectivity index (χ4n) is 1.46. The summed E-state index contributed by atoms with van der Waals surface area (Å²) in [7, 11) is 0. The molecule has 1 aromatic heterocycles. The lowest BCUT2D eigenvalue weighted by Gasteiger charge is -2.11. The van der Waals surface area contributed by atoms with Gasteiger partial charge in [-0.05, 0) is 40.9 Å². The van der Waals surface area contributed by atoms with Gasteiger partial charge in [-0.2, -0.15) is 0 Å². The second-order valence-electron chi connectivity index (χ2n) is 3.28. The van der Waals surface area contributed by atoms with Gasteiger partial charge in [-0.3, -0.25) is 9.78 Å². The van der Waals surface area contributed by atoms with Crippen LogP contribution < -0.4 is 5.73 Å². The molecule has 0 bridgehead atoms. The molecule has 0 saturated heterocycles. The first kappa shape index (κ1) is 8.69. The average Bonchev–Trinajstić information content (AvgIpc) is 2.85. The van der Waals surface area contributed by atoms with E-state index in [2.05, 4.69) is 20.9 Å². The second-order valence-corrected chi connectivity index (χ2v) is 4.13. The Kier molecular flexibility index (Phi) is 1.87. The van der Waals surface area contributed by atoms with Crippen LogP contribution in [-0.4, -0.2) is 10.9 Å². The number of nitrogens with zero attached hydrogens (tertiary/aromatic N) is 1. The Morgan fingerprint density at radius 3 is 2.77 bits per heavy atom. The summed E-state index contributed by atoms with van der Waals surface area (Å²) < 4.78 is 0.867. The van der Waals surface area contributed by atoms with E-state index in [4.69, 9.17) is 5.73 Å². The molecule has 0 aliphatic heterocycles. The lowest BCUT2D eigenvalue weighted by atomic mass is 10.0. The van der Waals surface area contributed by atoms with Crippen LogP contribution in [0.2, 0.25) is 0 Å². The largest absolute Gasteiger partial charge is 0.369 e. The minimum absolute atomic E-state index is 0.271. The average molecular weight is 241 g/mol. The number of carbonyl (C=O) groups is 1. The standard InChI is InChI=1S/C9H9BrN2O/c10-6-2-1-5-12-7(6)9(3-4-9)8(11)13/h1-2,5H,3-4H2,(H2,11,13). The lowest BCUT2D eigenvalue weighted by molar-refractivity contribution is -0.120. The molecule has 4 heteroatoms. The Hall–Kier alpha value is -0.900. The Balaban J connectivity index is 2.47. The highest BCUT2D eigenvalue weighted by Crippen LogP contribution is 2.49. The first-order chi connectivity index (χ1) is 6.17. The summed E-state index contributed by atoms with van der Waals surface area (Å²) >= 11 is 3.37. The van der Waals surface area contributed by atoms with Crippen molar-refractivity contribution in [3.8, 4) is 0 Å². The maximum atomic E-state index is 11.2. The molecular formula is C9H9BrN2O. The molecule has 2 N–H and O–H groups in total. The van der Waals surface area contributed by atoms with Gasteiger partial charge in [0.1, 0.15) is 0 Å². The van der Waals surface area contributed by atoms with Crippen molar-refractivity contribution >= 4 is 21.8 Å². The van der Waals surface area contributed by atoms with Crippen molar-refractivity contribution in [2.75, 3.05) is 0 Å². The van der Waals surface area contributed by atoms with Gasteiger partial charge in [-0.25, -0.2) is 0 Å². The summed E-state index contributed by atoms with van der Waals surface area (Å²) in [5, 5.41) is 0. The van der Waals surface area contributed by atoms with E-state index >= 15 is 0 Å². The molecule has 0 unspecified atom stereocenters. The molecule has 0 atom stereocenters. The summed E-state index contributed by atoms with van der Waals surface area (Å²) in [5.41, 5.74) is 5.63. The highest BCUT2D eigenvalue weighted by Gasteiger charge is 2.52. The van der Waals surface area contributed by atoms with Gasteiger partial charge in [0.05, 0.1) is 11.1 Å². The smallest absolute Gasteiger partial charge is 0.229 e. The lowest BCUT2D eigenvalue weighted by Crippen LogP contribution is -2.29. The first-order valence-electron chi connectivity index (χ1n) is 4.08. The van der Waals surface area contributed by atoms with Gasteiger partial charge in [-0.15, -0.1) is 0 Å². The van der Waals surface area contributed by atoms with E-state index in [9.17, 15) is 4.79 Å². The minimum atomic E-state index is -0.486. The minimum Gasteiger partial charge on any atom is -0.369 e. The van der Waals surface area contributed by atoms with Crippen LogP contribution in [-0.2, 0) is 10.2 Å². The molecule has 1 fully saturated rings. The van der Waals surface area contributed by atoms with Gasteiger partial charge >= 0.3 is 0 Å². The number of hydrogen-bond donors (Lipinski definition) is 1. The van der Waals surface area contributed by atoms with E-state index in [0.717, 1.165) is 23.0 Å². The van der Waals surface area contributed by atoms with Crippen LogP contribution >= 0.6 is 15.9 Å². The van der Waals surface area contributed by atoms with E-state index in [-0.39, 0.29) is 5.91 Å². The van der Waals surface area contributed by atoms with Crippen LogP contribution in [0.3, 0.4) is 0 Å². The highest BCUT2D eigenvalue weighted by atomic mass is 79.9. The predicted octanol–water partition coefficient (Wildman–Crippen LogP) is 1.36. The number of aromatic nitrogens is 1. The van der Waals surface area contributed by atoms with Crippen LogP contribution in [0.5, 0.6) is 0 Å². The van der Waals surface area contributed by atoms with Gasteiger partial charge in [0, 0.05) is 10.7 Å². The molecule has 0 radical (unpaired) electrons. The zero-order valence-electron chi connectivity index (χ0n) is 6.96. The molecule has 1 aliphatic carbocycles. The summed E-state index contributed by atoms with van der Waals surface area (Å²) in [5.74, 6) is -0.271. The Bertz CT molecular complexity index is 360. The molecule has 1 aliphatic rings. The van der Waals surface area contributed by atoms with Crippen LogP contribution in [0.15, 0.2) is 22.8 Å². The van der Waals surface area contributed by atoms with Gasteiger partial charge < -0.3 is 5.73 Å². The zero-order chi connectivity index (χ0) is 9.47. The van der Waals surface area contributed by atoms with Crippen molar-refractivity contribution in [1.82, 2.24) is 4.98 Å². The predicted molar refractivity (Wildman–Crippen MR) is 52.0 cm³/mol. The van der Waals surface area contributed by atoms with Crippen molar-refractivity contribution in [3.05, 3.63) is 28.5 Å². The fraction of sp³-hybridized carbons (Fsp3) is 0.333. The van der Waals surface area contributed by atoms with Gasteiger partial charge in [0.15, 0.2) is 0 Å². The number of carbonyl (C=O) groups excluding carboxylic acids is 1. The van der Waals surface area contributed by atoms with Gasteiger partial charge in [-0.1, -0.05) is 0 Å². The number of pyridine rings is 1. The number of primary amides is 1. The van der Waals surface area contributed by atoms with E-state index in [0.29, 0.717) is 0 Å². The normalized spacial score (nSPS) is 18.2. The Morgan fingerprint density at radius 2 is 2.31 bits per heavy atom. The van der Waals surface area contributed by atoms with E-state index in [1.54, 1.807) is 6.20 Å². The fourth-order valence-corrected chi connectivity index (χ4v) is 2.10. The Morgan fingerprint density at radius 1 is 1.62 bits per heavy atom. The maximum absolute atomic E-state index is 11.2. The molecular weight excluding hydrogens is 232 g/mol. The molecule has 68 valence electrons. The SMILES string of the molecule is NC(=O)C1(c2ncccc2Br)CC1. The van der Waals surface area contributed by atoms with Crippen molar-refractivity contribution in [2.24, 2.45) is 5.73 Å². The second kappa shape index (κ2) is 2.80. The molecule has 1 aromatic rings. The summed E-state index contributed by atoms with van der Waals surface area (Å²) in [4.78, 5) is 15.4. The van der Waals surface area contributed by atoms with Crippen molar-refractivity contribution in [3.63, 3.8) is 0 Å². The van der Waals surface area contributed by atoms with E-state index in [1.165, 1.54) is 0 Å². The van der Waals surface area contributed by atoms with Crippen molar-refractivity contribution in [1.29, 1.82) is 0 Å². The third kappa shape index (κ3) is 1.25. The molecule has 13 heavy (non-hydrogen) atoms. The monoisotopic (exact) mass is 240 g/mol.